The average molecular weight is 429 g/mol. The van der Waals surface area contributed by atoms with Gasteiger partial charge in [0, 0.05) is 25.6 Å². The van der Waals surface area contributed by atoms with E-state index in [2.05, 4.69) is 43.4 Å². The summed E-state index contributed by atoms with van der Waals surface area (Å²) in [5.41, 5.74) is 3.32. The lowest BCUT2D eigenvalue weighted by atomic mass is 9.97. The van der Waals surface area contributed by atoms with Crippen LogP contribution in [0.4, 0.5) is 0 Å². The van der Waals surface area contributed by atoms with Gasteiger partial charge in [0.1, 0.15) is 0 Å². The van der Waals surface area contributed by atoms with Crippen molar-refractivity contribution in [2.45, 2.75) is 44.8 Å². The first-order chi connectivity index (χ1) is 14.3. The Morgan fingerprint density at radius 1 is 1.00 bits per heavy atom. The van der Waals surface area contributed by atoms with Crippen molar-refractivity contribution < 1.29 is 13.2 Å². The maximum absolute atomic E-state index is 12.7. The van der Waals surface area contributed by atoms with Crippen LogP contribution in [0, 0.1) is 5.92 Å². The van der Waals surface area contributed by atoms with Gasteiger partial charge in [0.05, 0.1) is 5.75 Å². The fourth-order valence-electron chi connectivity index (χ4n) is 3.82. The highest BCUT2D eigenvalue weighted by molar-refractivity contribution is 7.88. The maximum Gasteiger partial charge on any atom is 0.223 e. The molecule has 1 aliphatic heterocycles. The predicted molar refractivity (Wildman–Crippen MR) is 121 cm³/mol. The van der Waals surface area contributed by atoms with Crippen LogP contribution >= 0.6 is 0 Å². The molecule has 0 radical (unpaired) electrons. The molecule has 1 fully saturated rings. The van der Waals surface area contributed by atoms with Crippen LogP contribution < -0.4 is 5.32 Å². The number of benzene rings is 2. The molecule has 1 heterocycles. The molecule has 0 saturated carbocycles. The first kappa shape index (κ1) is 22.5. The zero-order chi connectivity index (χ0) is 21.6. The largest absolute Gasteiger partial charge is 0.356 e. The molecule has 1 saturated heterocycles. The fraction of sp³-hybridized carbons (Fsp3) is 0.458. The Labute approximate surface area is 180 Å². The van der Waals surface area contributed by atoms with E-state index >= 15 is 0 Å². The van der Waals surface area contributed by atoms with E-state index in [9.17, 15) is 13.2 Å². The molecule has 6 heteroatoms. The van der Waals surface area contributed by atoms with Crippen LogP contribution in [0.1, 0.15) is 49.3 Å². The van der Waals surface area contributed by atoms with Crippen molar-refractivity contribution in [2.24, 2.45) is 5.92 Å². The van der Waals surface area contributed by atoms with Crippen molar-refractivity contribution in [3.8, 4) is 0 Å². The summed E-state index contributed by atoms with van der Waals surface area (Å²) in [5.74, 6) is 0.451. The first-order valence-electron chi connectivity index (χ1n) is 10.7. The molecule has 0 atom stereocenters. The normalized spacial score (nSPS) is 16.0. The highest BCUT2D eigenvalue weighted by atomic mass is 32.2. The van der Waals surface area contributed by atoms with Gasteiger partial charge >= 0.3 is 0 Å². The van der Waals surface area contributed by atoms with Crippen LogP contribution in [0.15, 0.2) is 54.6 Å². The molecule has 1 aliphatic rings. The number of nitrogens with zero attached hydrogens (tertiary/aromatic N) is 1. The second kappa shape index (κ2) is 10.2. The third kappa shape index (κ3) is 6.16. The van der Waals surface area contributed by atoms with Gasteiger partial charge in [-0.05, 0) is 41.9 Å². The Bertz CT molecular complexity index is 917. The van der Waals surface area contributed by atoms with Gasteiger partial charge in [-0.1, -0.05) is 68.4 Å². The Morgan fingerprint density at radius 2 is 1.63 bits per heavy atom. The zero-order valence-electron chi connectivity index (χ0n) is 17.9. The van der Waals surface area contributed by atoms with Gasteiger partial charge in [-0.2, -0.15) is 0 Å². The van der Waals surface area contributed by atoms with Crippen molar-refractivity contribution >= 4 is 15.9 Å². The van der Waals surface area contributed by atoms with E-state index < -0.39 is 10.0 Å². The summed E-state index contributed by atoms with van der Waals surface area (Å²) in [7, 11) is -3.35. The van der Waals surface area contributed by atoms with Crippen LogP contribution in [-0.2, 0) is 27.0 Å². The molecule has 0 aromatic heterocycles. The van der Waals surface area contributed by atoms with Gasteiger partial charge in [-0.3, -0.25) is 4.79 Å². The summed E-state index contributed by atoms with van der Waals surface area (Å²) in [6, 6.07) is 17.8. The minimum atomic E-state index is -3.35. The third-order valence-electron chi connectivity index (χ3n) is 5.77. The summed E-state index contributed by atoms with van der Waals surface area (Å²) in [6.07, 6.45) is 1.94. The molecule has 3 rings (SSSR count). The number of hydrogen-bond acceptors (Lipinski definition) is 3. The fourth-order valence-corrected chi connectivity index (χ4v) is 5.38. The molecule has 0 bridgehead atoms. The van der Waals surface area contributed by atoms with Gasteiger partial charge in [0.2, 0.25) is 15.9 Å². The van der Waals surface area contributed by atoms with E-state index in [1.807, 2.05) is 30.3 Å². The lowest BCUT2D eigenvalue weighted by molar-refractivity contribution is -0.126. The number of carbonyl (C=O) groups excluding carboxylic acids is 1. The van der Waals surface area contributed by atoms with Crippen molar-refractivity contribution in [2.75, 3.05) is 19.6 Å². The molecule has 2 aromatic rings. The number of sulfonamides is 1. The van der Waals surface area contributed by atoms with Gasteiger partial charge in [0.25, 0.3) is 0 Å². The number of hydrogen-bond donors (Lipinski definition) is 1. The Kier molecular flexibility index (Phi) is 7.67. The van der Waals surface area contributed by atoms with E-state index in [1.54, 1.807) is 0 Å². The zero-order valence-corrected chi connectivity index (χ0v) is 18.7. The van der Waals surface area contributed by atoms with Crippen LogP contribution in [0.2, 0.25) is 0 Å². The number of rotatable bonds is 8. The van der Waals surface area contributed by atoms with Crippen molar-refractivity contribution in [1.82, 2.24) is 9.62 Å². The summed E-state index contributed by atoms with van der Waals surface area (Å²) in [4.78, 5) is 12.5. The summed E-state index contributed by atoms with van der Waals surface area (Å²) in [5, 5.41) is 3.02. The number of nitrogens with one attached hydrogen (secondary N) is 1. The molecule has 162 valence electrons. The van der Waals surface area contributed by atoms with Crippen LogP contribution in [0.25, 0.3) is 0 Å². The number of carbonyl (C=O) groups is 1. The van der Waals surface area contributed by atoms with E-state index in [1.165, 1.54) is 15.4 Å². The van der Waals surface area contributed by atoms with Crippen molar-refractivity contribution in [3.05, 3.63) is 71.3 Å². The second-order valence-electron chi connectivity index (χ2n) is 8.35. The average Bonchev–Trinajstić information content (AvgIpc) is 2.74. The van der Waals surface area contributed by atoms with Gasteiger partial charge < -0.3 is 5.32 Å². The maximum atomic E-state index is 12.7. The highest BCUT2D eigenvalue weighted by Gasteiger charge is 2.31. The predicted octanol–water partition coefficient (Wildman–Crippen LogP) is 3.71. The van der Waals surface area contributed by atoms with Crippen molar-refractivity contribution in [3.63, 3.8) is 0 Å². The van der Waals surface area contributed by atoms with Gasteiger partial charge in [0.15, 0.2) is 0 Å². The lowest BCUT2D eigenvalue weighted by Gasteiger charge is -2.30. The minimum Gasteiger partial charge on any atom is -0.356 e. The molecule has 0 unspecified atom stereocenters. The van der Waals surface area contributed by atoms with Gasteiger partial charge in [-0.15, -0.1) is 0 Å². The van der Waals surface area contributed by atoms with Crippen LogP contribution in [-0.4, -0.2) is 38.3 Å². The van der Waals surface area contributed by atoms with E-state index in [4.69, 9.17) is 0 Å². The summed E-state index contributed by atoms with van der Waals surface area (Å²) >= 11 is 0. The van der Waals surface area contributed by atoms with Gasteiger partial charge in [-0.25, -0.2) is 12.7 Å². The third-order valence-corrected chi connectivity index (χ3v) is 7.62. The molecule has 30 heavy (non-hydrogen) atoms. The summed E-state index contributed by atoms with van der Waals surface area (Å²) in [6.45, 7) is 5.76. The molecule has 0 aliphatic carbocycles. The molecule has 1 amide bonds. The molecule has 5 nitrogen and oxygen atoms in total. The van der Waals surface area contributed by atoms with Crippen LogP contribution in [0.3, 0.4) is 0 Å². The Hall–Kier alpha value is -2.18. The van der Waals surface area contributed by atoms with Crippen molar-refractivity contribution in [1.29, 1.82) is 0 Å². The Balaban J connectivity index is 1.42. The minimum absolute atomic E-state index is 0.0142. The quantitative estimate of drug-likeness (QED) is 0.697. The molecule has 0 spiro atoms. The monoisotopic (exact) mass is 428 g/mol. The molecular formula is C24H32N2O3S. The SMILES string of the molecule is CC(C)c1ccc(CCNC(=O)C2CCN(S(=O)(=O)Cc3ccccc3)CC2)cc1. The van der Waals surface area contributed by atoms with E-state index in [-0.39, 0.29) is 17.6 Å². The Morgan fingerprint density at radius 3 is 2.23 bits per heavy atom. The topological polar surface area (TPSA) is 66.5 Å². The van der Waals surface area contributed by atoms with E-state index in [0.717, 1.165) is 12.0 Å². The molecule has 2 aromatic carbocycles. The van der Waals surface area contributed by atoms with E-state index in [0.29, 0.717) is 38.4 Å². The number of piperidine rings is 1. The smallest absolute Gasteiger partial charge is 0.223 e. The molecular weight excluding hydrogens is 396 g/mol. The summed E-state index contributed by atoms with van der Waals surface area (Å²) < 4.78 is 26.8. The standard InChI is InChI=1S/C24H32N2O3S/c1-19(2)22-10-8-20(9-11-22)12-15-25-24(27)23-13-16-26(17-14-23)30(28,29)18-21-6-4-3-5-7-21/h3-11,19,23H,12-18H2,1-2H3,(H,25,27). The number of amides is 1. The highest BCUT2D eigenvalue weighted by Crippen LogP contribution is 2.22. The first-order valence-corrected chi connectivity index (χ1v) is 12.3. The van der Waals surface area contributed by atoms with Crippen LogP contribution in [0.5, 0.6) is 0 Å². The molecule has 1 N–H and O–H groups in total. The second-order valence-corrected chi connectivity index (χ2v) is 10.3. The lowest BCUT2D eigenvalue weighted by Crippen LogP contribution is -2.43.